The number of hydrogen-bond acceptors (Lipinski definition) is 3. The third-order valence-electron chi connectivity index (χ3n) is 2.73. The monoisotopic (exact) mass is 268 g/mol. The molecule has 1 rings (SSSR count). The Morgan fingerprint density at radius 3 is 2.50 bits per heavy atom. The smallest absolute Gasteiger partial charge is 0.384 e. The van der Waals surface area contributed by atoms with E-state index in [1.807, 2.05) is 37.3 Å². The quantitative estimate of drug-likeness (QED) is 0.390. The van der Waals surface area contributed by atoms with Gasteiger partial charge in [0.05, 0.1) is 0 Å². The van der Waals surface area contributed by atoms with Crippen molar-refractivity contribution in [2.75, 3.05) is 7.11 Å². The highest BCUT2D eigenvalue weighted by Crippen LogP contribution is 2.15. The molecule has 0 saturated heterocycles. The lowest BCUT2D eigenvalue weighted by atomic mass is 10.3. The second-order valence-corrected chi connectivity index (χ2v) is 6.24. The Hall–Kier alpha value is -0.843. The van der Waals surface area contributed by atoms with Crippen LogP contribution >= 0.6 is 0 Å². The fourth-order valence-corrected chi connectivity index (χ4v) is 3.57. The summed E-state index contributed by atoms with van der Waals surface area (Å²) in [5, 5.41) is 0. The summed E-state index contributed by atoms with van der Waals surface area (Å²) >= 11 is 0. The van der Waals surface area contributed by atoms with E-state index in [1.54, 1.807) is 7.11 Å². The van der Waals surface area contributed by atoms with Gasteiger partial charge in [0.1, 0.15) is 12.0 Å². The third kappa shape index (κ3) is 6.19. The summed E-state index contributed by atoms with van der Waals surface area (Å²) in [7, 11) is -0.0351. The van der Waals surface area contributed by atoms with Crippen LogP contribution in [0.15, 0.2) is 30.3 Å². The molecule has 2 unspecified atom stereocenters. The molecule has 4 heteroatoms. The standard InChI is InChI=1S/C14H24O3Si/c1-4-5-9-12-18(16-13(2)15-3)17-14-10-7-6-8-11-14/h6-8,10-11,13,18H,4-5,9,12H2,1-3H3. The first kappa shape index (κ1) is 15.2. The minimum Gasteiger partial charge on any atom is -0.522 e. The maximum atomic E-state index is 5.97. The van der Waals surface area contributed by atoms with Gasteiger partial charge in [-0.25, -0.2) is 0 Å². The summed E-state index contributed by atoms with van der Waals surface area (Å²) in [6, 6.07) is 10.9. The van der Waals surface area contributed by atoms with Gasteiger partial charge >= 0.3 is 9.28 Å². The molecule has 0 fully saturated rings. The number of hydrogen-bond donors (Lipinski definition) is 0. The van der Waals surface area contributed by atoms with Crippen LogP contribution in [-0.2, 0) is 9.16 Å². The van der Waals surface area contributed by atoms with Crippen LogP contribution in [0, 0.1) is 0 Å². The molecule has 0 heterocycles. The highest BCUT2D eigenvalue weighted by Gasteiger charge is 2.18. The number of para-hydroxylation sites is 1. The molecule has 3 nitrogen and oxygen atoms in total. The molecule has 0 aliphatic heterocycles. The van der Waals surface area contributed by atoms with Gasteiger partial charge in [0.15, 0.2) is 0 Å². The van der Waals surface area contributed by atoms with Gasteiger partial charge in [0.25, 0.3) is 0 Å². The van der Waals surface area contributed by atoms with Crippen molar-refractivity contribution in [3.8, 4) is 5.75 Å². The minimum atomic E-state index is -1.69. The number of methoxy groups -OCH3 is 1. The Balaban J connectivity index is 2.48. The maximum absolute atomic E-state index is 5.97. The van der Waals surface area contributed by atoms with Gasteiger partial charge in [-0.2, -0.15) is 0 Å². The van der Waals surface area contributed by atoms with E-state index in [4.69, 9.17) is 13.6 Å². The van der Waals surface area contributed by atoms with Crippen LogP contribution in [0.25, 0.3) is 0 Å². The van der Waals surface area contributed by atoms with Crippen molar-refractivity contribution in [1.82, 2.24) is 0 Å². The maximum Gasteiger partial charge on any atom is 0.384 e. The molecular weight excluding hydrogens is 244 g/mol. The van der Waals surface area contributed by atoms with E-state index in [0.29, 0.717) is 0 Å². The number of benzene rings is 1. The van der Waals surface area contributed by atoms with Crippen molar-refractivity contribution < 1.29 is 13.6 Å². The second kappa shape index (κ2) is 9.14. The molecule has 0 bridgehead atoms. The zero-order valence-corrected chi connectivity index (χ0v) is 12.7. The average Bonchev–Trinajstić information content (AvgIpc) is 2.40. The zero-order chi connectivity index (χ0) is 13.2. The predicted octanol–water partition coefficient (Wildman–Crippen LogP) is 3.49. The molecule has 1 aromatic rings. The molecule has 18 heavy (non-hydrogen) atoms. The van der Waals surface area contributed by atoms with Crippen molar-refractivity contribution in [3.63, 3.8) is 0 Å². The molecule has 0 radical (unpaired) electrons. The second-order valence-electron chi connectivity index (χ2n) is 4.30. The largest absolute Gasteiger partial charge is 0.522 e. The van der Waals surface area contributed by atoms with Crippen LogP contribution in [-0.4, -0.2) is 22.7 Å². The van der Waals surface area contributed by atoms with E-state index in [2.05, 4.69) is 6.92 Å². The fourth-order valence-electron chi connectivity index (χ4n) is 1.64. The van der Waals surface area contributed by atoms with Gasteiger partial charge in [0, 0.05) is 7.11 Å². The minimum absolute atomic E-state index is 0.188. The topological polar surface area (TPSA) is 27.7 Å². The summed E-state index contributed by atoms with van der Waals surface area (Å²) in [6.45, 7) is 4.11. The van der Waals surface area contributed by atoms with E-state index in [-0.39, 0.29) is 6.29 Å². The van der Waals surface area contributed by atoms with Crippen LogP contribution in [0.1, 0.15) is 33.1 Å². The third-order valence-corrected chi connectivity index (χ3v) is 4.83. The molecule has 102 valence electrons. The zero-order valence-electron chi connectivity index (χ0n) is 11.6. The van der Waals surface area contributed by atoms with Crippen LogP contribution < -0.4 is 4.43 Å². The van der Waals surface area contributed by atoms with Crippen molar-refractivity contribution in [2.24, 2.45) is 0 Å². The highest BCUT2D eigenvalue weighted by molar-refractivity contribution is 6.45. The van der Waals surface area contributed by atoms with Gasteiger partial charge in [-0.3, -0.25) is 0 Å². The number of rotatable bonds is 9. The molecule has 1 aromatic carbocycles. The Bertz CT molecular complexity index is 305. The Labute approximate surface area is 112 Å². The summed E-state index contributed by atoms with van der Waals surface area (Å²) in [5.41, 5.74) is 0. The lowest BCUT2D eigenvalue weighted by Gasteiger charge is -2.21. The Morgan fingerprint density at radius 1 is 1.17 bits per heavy atom. The molecular formula is C14H24O3Si. The molecule has 0 spiro atoms. The number of unbranched alkanes of at least 4 members (excludes halogenated alkanes) is 2. The SMILES string of the molecule is CCCCC[SiH](Oc1ccccc1)OC(C)OC. The predicted molar refractivity (Wildman–Crippen MR) is 76.1 cm³/mol. The molecule has 0 aliphatic rings. The molecule has 0 aromatic heterocycles. The van der Waals surface area contributed by atoms with Crippen LogP contribution in [0.3, 0.4) is 0 Å². The number of ether oxygens (including phenoxy) is 1. The van der Waals surface area contributed by atoms with E-state index in [1.165, 1.54) is 12.8 Å². The Kier molecular flexibility index (Phi) is 7.72. The van der Waals surface area contributed by atoms with Gasteiger partial charge < -0.3 is 13.6 Å². The lowest BCUT2D eigenvalue weighted by molar-refractivity contribution is -0.0497. The van der Waals surface area contributed by atoms with Crippen molar-refractivity contribution in [2.45, 2.75) is 45.4 Å². The lowest BCUT2D eigenvalue weighted by Crippen LogP contribution is -2.31. The van der Waals surface area contributed by atoms with Crippen molar-refractivity contribution in [3.05, 3.63) is 30.3 Å². The van der Waals surface area contributed by atoms with E-state index in [0.717, 1.165) is 18.2 Å². The van der Waals surface area contributed by atoms with Gasteiger partial charge in [-0.1, -0.05) is 44.4 Å². The normalized spacial score (nSPS) is 14.2. The summed E-state index contributed by atoms with van der Waals surface area (Å²) in [6.07, 6.45) is 3.42. The van der Waals surface area contributed by atoms with E-state index < -0.39 is 9.28 Å². The van der Waals surface area contributed by atoms with E-state index in [9.17, 15) is 0 Å². The molecule has 2 atom stereocenters. The van der Waals surface area contributed by atoms with Gasteiger partial charge in [-0.05, 0) is 25.1 Å². The van der Waals surface area contributed by atoms with Crippen molar-refractivity contribution in [1.29, 1.82) is 0 Å². The molecule has 0 aliphatic carbocycles. The van der Waals surface area contributed by atoms with Crippen LogP contribution in [0.4, 0.5) is 0 Å². The first-order chi connectivity index (χ1) is 8.76. The van der Waals surface area contributed by atoms with Gasteiger partial charge in [0.2, 0.25) is 0 Å². The summed E-state index contributed by atoms with van der Waals surface area (Å²) in [5.74, 6) is 0.897. The molecule has 0 N–H and O–H groups in total. The summed E-state index contributed by atoms with van der Waals surface area (Å²) < 4.78 is 17.0. The average molecular weight is 268 g/mol. The van der Waals surface area contributed by atoms with Crippen LogP contribution in [0.5, 0.6) is 5.75 Å². The van der Waals surface area contributed by atoms with Crippen LogP contribution in [0.2, 0.25) is 6.04 Å². The highest BCUT2D eigenvalue weighted by atomic mass is 28.3. The molecule has 0 saturated carbocycles. The van der Waals surface area contributed by atoms with Crippen molar-refractivity contribution >= 4 is 9.28 Å². The molecule has 0 amide bonds. The van der Waals surface area contributed by atoms with E-state index >= 15 is 0 Å². The van der Waals surface area contributed by atoms with Gasteiger partial charge in [-0.15, -0.1) is 0 Å². The summed E-state index contributed by atoms with van der Waals surface area (Å²) in [4.78, 5) is 0. The first-order valence-corrected chi connectivity index (χ1v) is 8.42. The fraction of sp³-hybridized carbons (Fsp3) is 0.571. The Morgan fingerprint density at radius 2 is 1.89 bits per heavy atom. The first-order valence-electron chi connectivity index (χ1n) is 6.66.